The van der Waals surface area contributed by atoms with E-state index in [1.165, 1.54) is 6.07 Å². The van der Waals surface area contributed by atoms with E-state index in [-0.39, 0.29) is 43.4 Å². The van der Waals surface area contributed by atoms with Crippen LogP contribution in [0.2, 0.25) is 0 Å². The first-order chi connectivity index (χ1) is 12.4. The molecule has 0 saturated carbocycles. The van der Waals surface area contributed by atoms with Crippen LogP contribution in [0.15, 0.2) is 18.2 Å². The molecule has 0 radical (unpaired) electrons. The Bertz CT molecular complexity index is 643. The summed E-state index contributed by atoms with van der Waals surface area (Å²) in [5, 5.41) is 8.02. The lowest BCUT2D eigenvalue weighted by atomic mass is 10.1. The van der Waals surface area contributed by atoms with Gasteiger partial charge in [-0.05, 0) is 37.0 Å². The summed E-state index contributed by atoms with van der Waals surface area (Å²) in [6.07, 6.45) is 2.10. The van der Waals surface area contributed by atoms with E-state index < -0.39 is 23.7 Å². The maximum Gasteiger partial charge on any atom is 0.243 e. The van der Waals surface area contributed by atoms with Crippen LogP contribution in [-0.4, -0.2) is 43.7 Å². The highest BCUT2D eigenvalue weighted by Crippen LogP contribution is 2.20. The molecule has 2 atom stereocenters. The van der Waals surface area contributed by atoms with Crippen LogP contribution in [0.5, 0.6) is 0 Å². The molecule has 1 unspecified atom stereocenters. The van der Waals surface area contributed by atoms with Crippen molar-refractivity contribution in [1.82, 2.24) is 5.32 Å². The number of nitrogens with one attached hydrogen (secondary N) is 3. The van der Waals surface area contributed by atoms with Crippen molar-refractivity contribution in [3.8, 4) is 0 Å². The smallest absolute Gasteiger partial charge is 0.243 e. The van der Waals surface area contributed by atoms with Gasteiger partial charge in [-0.25, -0.2) is 4.39 Å². The molecule has 0 aromatic heterocycles. The van der Waals surface area contributed by atoms with Gasteiger partial charge < -0.3 is 26.4 Å². The zero-order valence-electron chi connectivity index (χ0n) is 16.0. The van der Waals surface area contributed by atoms with E-state index in [2.05, 4.69) is 16.0 Å². The molecule has 0 aliphatic carbocycles. The Labute approximate surface area is 177 Å². The molecule has 5 N–H and O–H groups in total. The second-order valence-corrected chi connectivity index (χ2v) is 6.75. The van der Waals surface area contributed by atoms with Crippen molar-refractivity contribution in [3.05, 3.63) is 24.0 Å². The van der Waals surface area contributed by atoms with E-state index >= 15 is 0 Å². The predicted octanol–water partition coefficient (Wildman–Crippen LogP) is 2.30. The minimum Gasteiger partial charge on any atom is -0.380 e. The van der Waals surface area contributed by atoms with Crippen LogP contribution < -0.4 is 21.7 Å². The first kappa shape index (κ1) is 26.4. The van der Waals surface area contributed by atoms with Crippen LogP contribution in [0.4, 0.5) is 15.8 Å². The van der Waals surface area contributed by atoms with E-state index in [0.717, 1.165) is 19.4 Å². The first-order valence-corrected chi connectivity index (χ1v) is 8.85. The van der Waals surface area contributed by atoms with Crippen LogP contribution in [0.3, 0.4) is 0 Å². The van der Waals surface area contributed by atoms with Crippen LogP contribution in [0.25, 0.3) is 0 Å². The molecule has 28 heavy (non-hydrogen) atoms. The summed E-state index contributed by atoms with van der Waals surface area (Å²) in [4.78, 5) is 23.6. The number of anilines is 2. The summed E-state index contributed by atoms with van der Waals surface area (Å²) in [6.45, 7) is 4.71. The Kier molecular flexibility index (Phi) is 12.0. The largest absolute Gasteiger partial charge is 0.380 e. The fourth-order valence-electron chi connectivity index (χ4n) is 2.56. The molecular formula is C18H29Cl2FN4O3. The number of benzene rings is 1. The minimum atomic E-state index is -0.672. The third-order valence-corrected chi connectivity index (χ3v) is 4.24. The van der Waals surface area contributed by atoms with Gasteiger partial charge in [-0.2, -0.15) is 0 Å². The van der Waals surface area contributed by atoms with E-state index in [9.17, 15) is 14.0 Å². The number of carbonyl (C=O) groups is 2. The number of carbonyl (C=O) groups excluding carboxylic acids is 2. The zero-order chi connectivity index (χ0) is 19.1. The molecule has 2 amide bonds. The highest BCUT2D eigenvalue weighted by Gasteiger charge is 2.18. The third-order valence-electron chi connectivity index (χ3n) is 4.24. The maximum atomic E-state index is 14.1. The van der Waals surface area contributed by atoms with Gasteiger partial charge in [-0.15, -0.1) is 24.8 Å². The van der Waals surface area contributed by atoms with Crippen molar-refractivity contribution < 1.29 is 18.7 Å². The number of hydrogen-bond acceptors (Lipinski definition) is 5. The molecule has 1 heterocycles. The van der Waals surface area contributed by atoms with Crippen molar-refractivity contribution in [2.75, 3.05) is 30.3 Å². The molecule has 1 aromatic carbocycles. The molecule has 0 spiro atoms. The van der Waals surface area contributed by atoms with Gasteiger partial charge >= 0.3 is 0 Å². The van der Waals surface area contributed by atoms with Gasteiger partial charge in [-0.1, -0.05) is 13.8 Å². The van der Waals surface area contributed by atoms with Crippen molar-refractivity contribution in [1.29, 1.82) is 0 Å². The Morgan fingerprint density at radius 2 is 2.04 bits per heavy atom. The first-order valence-electron chi connectivity index (χ1n) is 8.85. The van der Waals surface area contributed by atoms with Crippen LogP contribution in [0, 0.1) is 11.7 Å². The number of amides is 2. The summed E-state index contributed by atoms with van der Waals surface area (Å²) in [5.41, 5.74) is 6.37. The van der Waals surface area contributed by atoms with E-state index in [4.69, 9.17) is 10.5 Å². The average Bonchev–Trinajstić information content (AvgIpc) is 3.11. The number of ether oxygens (including phenoxy) is 1. The van der Waals surface area contributed by atoms with Crippen molar-refractivity contribution >= 4 is 48.0 Å². The molecule has 160 valence electrons. The number of nitrogens with two attached hydrogens (primary N) is 1. The monoisotopic (exact) mass is 438 g/mol. The molecule has 1 aromatic rings. The molecule has 7 nitrogen and oxygen atoms in total. The summed E-state index contributed by atoms with van der Waals surface area (Å²) >= 11 is 0. The van der Waals surface area contributed by atoms with Crippen LogP contribution >= 0.6 is 24.8 Å². The van der Waals surface area contributed by atoms with Crippen LogP contribution in [-0.2, 0) is 14.3 Å². The van der Waals surface area contributed by atoms with E-state index in [0.29, 0.717) is 17.9 Å². The lowest BCUT2D eigenvalue weighted by Crippen LogP contribution is -2.46. The summed E-state index contributed by atoms with van der Waals surface area (Å²) in [7, 11) is 0. The van der Waals surface area contributed by atoms with Gasteiger partial charge in [0.25, 0.3) is 0 Å². The van der Waals surface area contributed by atoms with Crippen LogP contribution in [0.1, 0.15) is 26.7 Å². The second kappa shape index (κ2) is 12.8. The lowest BCUT2D eigenvalue weighted by Gasteiger charge is -2.15. The Morgan fingerprint density at radius 1 is 1.32 bits per heavy atom. The van der Waals surface area contributed by atoms with Crippen molar-refractivity contribution in [3.63, 3.8) is 0 Å². The Hall–Kier alpha value is -1.61. The number of hydrogen-bond donors (Lipinski definition) is 4. The van der Waals surface area contributed by atoms with Gasteiger partial charge in [0.15, 0.2) is 0 Å². The molecule has 1 aliphatic heterocycles. The lowest BCUT2D eigenvalue weighted by molar-refractivity contribution is -0.125. The topological polar surface area (TPSA) is 105 Å². The summed E-state index contributed by atoms with van der Waals surface area (Å²) < 4.78 is 19.6. The number of halogens is 3. The summed E-state index contributed by atoms with van der Waals surface area (Å²) in [6, 6.07) is 3.72. The standard InChI is InChI=1S/C18H27FN4O3.2ClH/c1-11(2)17(20)18(25)22-10-16(24)23-12-5-6-15(14(19)8-12)21-9-13-4-3-7-26-13;;/h5-6,8,11,13,17,21H,3-4,7,9-10,20H2,1-2H3,(H,22,25)(H,23,24);2*1H/t13?,17-;;/m0../s1. The van der Waals surface area contributed by atoms with Gasteiger partial charge in [0.1, 0.15) is 5.82 Å². The quantitative estimate of drug-likeness (QED) is 0.498. The fourth-order valence-corrected chi connectivity index (χ4v) is 2.56. The number of rotatable bonds is 8. The zero-order valence-corrected chi connectivity index (χ0v) is 17.6. The predicted molar refractivity (Wildman–Crippen MR) is 113 cm³/mol. The third kappa shape index (κ3) is 8.18. The van der Waals surface area contributed by atoms with Gasteiger partial charge in [0.05, 0.1) is 24.4 Å². The molecule has 1 saturated heterocycles. The van der Waals surface area contributed by atoms with Crippen molar-refractivity contribution in [2.24, 2.45) is 11.7 Å². The molecule has 1 aliphatic rings. The maximum absolute atomic E-state index is 14.1. The van der Waals surface area contributed by atoms with Gasteiger partial charge in [0, 0.05) is 18.8 Å². The highest BCUT2D eigenvalue weighted by molar-refractivity contribution is 5.95. The summed E-state index contributed by atoms with van der Waals surface area (Å²) in [5.74, 6) is -1.34. The normalized spacial score (nSPS) is 16.5. The van der Waals surface area contributed by atoms with Gasteiger partial charge in [-0.3, -0.25) is 9.59 Å². The Morgan fingerprint density at radius 3 is 2.61 bits per heavy atom. The van der Waals surface area contributed by atoms with Gasteiger partial charge in [0.2, 0.25) is 11.8 Å². The molecule has 1 fully saturated rings. The molecule has 2 rings (SSSR count). The molecule has 0 bridgehead atoms. The van der Waals surface area contributed by atoms with E-state index in [1.54, 1.807) is 12.1 Å². The molecule has 10 heteroatoms. The Balaban J connectivity index is 0.00000364. The second-order valence-electron chi connectivity index (χ2n) is 6.75. The SMILES string of the molecule is CC(C)[C@H](N)C(=O)NCC(=O)Nc1ccc(NCC2CCCO2)c(F)c1.Cl.Cl. The minimum absolute atomic E-state index is 0. The average molecular weight is 439 g/mol. The fraction of sp³-hybridized carbons (Fsp3) is 0.556. The highest BCUT2D eigenvalue weighted by atomic mass is 35.5. The van der Waals surface area contributed by atoms with E-state index in [1.807, 2.05) is 13.8 Å². The van der Waals surface area contributed by atoms with Crippen molar-refractivity contribution in [2.45, 2.75) is 38.8 Å². The molecular weight excluding hydrogens is 410 g/mol.